The van der Waals surface area contributed by atoms with Crippen LogP contribution in [-0.4, -0.2) is 53.4 Å². The lowest BCUT2D eigenvalue weighted by atomic mass is 10.2. The van der Waals surface area contributed by atoms with Crippen molar-refractivity contribution in [2.75, 3.05) is 31.7 Å². The van der Waals surface area contributed by atoms with Gasteiger partial charge in [0.2, 0.25) is 5.91 Å². The van der Waals surface area contributed by atoms with Crippen molar-refractivity contribution < 1.29 is 14.4 Å². The summed E-state index contributed by atoms with van der Waals surface area (Å²) in [7, 11) is 3.18. The van der Waals surface area contributed by atoms with E-state index in [1.54, 1.807) is 38.4 Å². The van der Waals surface area contributed by atoms with Crippen LogP contribution in [0.15, 0.2) is 30.3 Å². The fraction of sp³-hybridized carbons (Fsp3) is 0.188. The molecule has 0 unspecified atom stereocenters. The maximum atomic E-state index is 12.2. The second kappa shape index (κ2) is 7.92. The van der Waals surface area contributed by atoms with Crippen LogP contribution in [0.5, 0.6) is 0 Å². The van der Waals surface area contributed by atoms with Crippen molar-refractivity contribution in [3.05, 3.63) is 36.0 Å². The van der Waals surface area contributed by atoms with Crippen LogP contribution >= 0.6 is 0 Å². The summed E-state index contributed by atoms with van der Waals surface area (Å²) >= 11 is 0. The molecule has 0 radical (unpaired) electrons. The van der Waals surface area contributed by atoms with Crippen molar-refractivity contribution in [2.45, 2.75) is 0 Å². The molecule has 0 aliphatic carbocycles. The van der Waals surface area contributed by atoms with Gasteiger partial charge >= 0.3 is 6.03 Å². The summed E-state index contributed by atoms with van der Waals surface area (Å²) < 4.78 is 0. The third kappa shape index (κ3) is 4.90. The third-order valence-corrected chi connectivity index (χ3v) is 3.29. The first-order valence-corrected chi connectivity index (χ1v) is 7.56. The monoisotopic (exact) mass is 357 g/mol. The summed E-state index contributed by atoms with van der Waals surface area (Å²) in [6, 6.07) is 7.17. The molecule has 0 aliphatic rings. The topological polar surface area (TPSA) is 156 Å². The van der Waals surface area contributed by atoms with E-state index >= 15 is 0 Å². The Morgan fingerprint density at radius 1 is 1.12 bits per heavy atom. The van der Waals surface area contributed by atoms with Crippen LogP contribution in [0.25, 0.3) is 11.4 Å². The predicted octanol–water partition coefficient (Wildman–Crippen LogP) is 0.0344. The molecule has 10 heteroatoms. The van der Waals surface area contributed by atoms with E-state index in [0.29, 0.717) is 11.3 Å². The molecular formula is C16H19N7O3. The predicted molar refractivity (Wildman–Crippen MR) is 96.1 cm³/mol. The van der Waals surface area contributed by atoms with Crippen LogP contribution in [0.2, 0.25) is 0 Å². The summed E-state index contributed by atoms with van der Waals surface area (Å²) in [5.41, 5.74) is 11.9. The maximum Gasteiger partial charge on any atom is 0.316 e. The molecule has 2 aromatic rings. The van der Waals surface area contributed by atoms with Gasteiger partial charge in [-0.2, -0.15) is 0 Å². The van der Waals surface area contributed by atoms with E-state index in [1.165, 1.54) is 11.0 Å². The first-order chi connectivity index (χ1) is 12.3. The number of primary amides is 1. The molecule has 0 spiro atoms. The summed E-state index contributed by atoms with van der Waals surface area (Å²) in [5.74, 6) is -0.446. The molecule has 0 saturated carbocycles. The largest absolute Gasteiger partial charge is 0.384 e. The molecule has 10 nitrogen and oxygen atoms in total. The Labute approximate surface area is 149 Å². The highest BCUT2D eigenvalue weighted by Crippen LogP contribution is 2.19. The van der Waals surface area contributed by atoms with Gasteiger partial charge in [0.05, 0.1) is 6.54 Å². The number of nitrogens with one attached hydrogen (secondary N) is 2. The number of benzene rings is 1. The molecule has 6 N–H and O–H groups in total. The number of amides is 4. The van der Waals surface area contributed by atoms with E-state index < -0.39 is 11.9 Å². The molecule has 1 aromatic carbocycles. The van der Waals surface area contributed by atoms with Crippen molar-refractivity contribution >= 4 is 29.4 Å². The Balaban J connectivity index is 2.19. The van der Waals surface area contributed by atoms with E-state index in [9.17, 15) is 14.4 Å². The van der Waals surface area contributed by atoms with Crippen LogP contribution in [0.3, 0.4) is 0 Å². The average Bonchev–Trinajstić information content (AvgIpc) is 2.58. The molecule has 4 amide bonds. The number of nitrogens with two attached hydrogens (primary N) is 2. The quantitative estimate of drug-likeness (QED) is 0.591. The Bertz CT molecular complexity index is 834. The molecule has 1 heterocycles. The number of rotatable bonds is 5. The van der Waals surface area contributed by atoms with Crippen molar-refractivity contribution in [3.63, 3.8) is 0 Å². The first kappa shape index (κ1) is 18.6. The van der Waals surface area contributed by atoms with Gasteiger partial charge in [0.25, 0.3) is 5.91 Å². The number of carbonyl (C=O) groups excluding carboxylic acids is 3. The van der Waals surface area contributed by atoms with E-state index in [4.69, 9.17) is 11.5 Å². The van der Waals surface area contributed by atoms with Gasteiger partial charge in [-0.25, -0.2) is 14.8 Å². The van der Waals surface area contributed by atoms with Gasteiger partial charge < -0.3 is 27.0 Å². The van der Waals surface area contributed by atoms with Crippen LogP contribution in [-0.2, 0) is 4.79 Å². The van der Waals surface area contributed by atoms with Gasteiger partial charge in [-0.1, -0.05) is 0 Å². The molecule has 2 rings (SSSR count). The molecule has 136 valence electrons. The number of aromatic nitrogens is 2. The van der Waals surface area contributed by atoms with Gasteiger partial charge in [0.15, 0.2) is 5.82 Å². The van der Waals surface area contributed by atoms with Crippen molar-refractivity contribution in [1.82, 2.24) is 20.2 Å². The fourth-order valence-corrected chi connectivity index (χ4v) is 1.96. The van der Waals surface area contributed by atoms with E-state index in [2.05, 4.69) is 20.6 Å². The lowest BCUT2D eigenvalue weighted by Gasteiger charge is -2.11. The molecule has 0 aliphatic heterocycles. The zero-order valence-electron chi connectivity index (χ0n) is 14.3. The lowest BCUT2D eigenvalue weighted by molar-refractivity contribution is -0.127. The highest BCUT2D eigenvalue weighted by molar-refractivity contribution is 5.95. The zero-order valence-corrected chi connectivity index (χ0v) is 14.3. The number of anilines is 2. The summed E-state index contributed by atoms with van der Waals surface area (Å²) in [6.45, 7) is -0.154. The second-order valence-electron chi connectivity index (χ2n) is 5.54. The third-order valence-electron chi connectivity index (χ3n) is 3.29. The van der Waals surface area contributed by atoms with Gasteiger partial charge in [-0.15, -0.1) is 0 Å². The van der Waals surface area contributed by atoms with E-state index in [1.807, 2.05) is 0 Å². The molecule has 26 heavy (non-hydrogen) atoms. The van der Waals surface area contributed by atoms with Crippen LogP contribution < -0.4 is 22.1 Å². The van der Waals surface area contributed by atoms with Crippen LogP contribution in [0.4, 0.5) is 16.3 Å². The summed E-state index contributed by atoms with van der Waals surface area (Å²) in [5, 5.41) is 4.91. The van der Waals surface area contributed by atoms with Crippen molar-refractivity contribution in [1.29, 1.82) is 0 Å². The van der Waals surface area contributed by atoms with Gasteiger partial charge in [-0.05, 0) is 24.3 Å². The lowest BCUT2D eigenvalue weighted by Crippen LogP contribution is -2.36. The minimum absolute atomic E-state index is 0.0402. The van der Waals surface area contributed by atoms with Gasteiger partial charge in [-0.3, -0.25) is 9.59 Å². The minimum atomic E-state index is -0.677. The van der Waals surface area contributed by atoms with Crippen LogP contribution in [0, 0.1) is 0 Å². The van der Waals surface area contributed by atoms with Crippen molar-refractivity contribution in [2.24, 2.45) is 5.73 Å². The Morgan fingerprint density at radius 2 is 1.77 bits per heavy atom. The Hall–Kier alpha value is -3.69. The summed E-state index contributed by atoms with van der Waals surface area (Å²) in [6.07, 6.45) is 0. The molecule has 0 atom stereocenters. The fourth-order valence-electron chi connectivity index (χ4n) is 1.96. The van der Waals surface area contributed by atoms with Gasteiger partial charge in [0, 0.05) is 31.4 Å². The standard InChI is InChI=1S/C16H19N7O3/c1-23(2)13(24)8-19-15(25)11-7-12(17)22-14(21-11)9-3-5-10(6-4-9)20-16(18)26/h3-7H,8H2,1-2H3,(H,19,25)(H2,17,21,22)(H3,18,20,26). The second-order valence-corrected chi connectivity index (χ2v) is 5.54. The first-order valence-electron chi connectivity index (χ1n) is 7.56. The average molecular weight is 357 g/mol. The SMILES string of the molecule is CN(C)C(=O)CNC(=O)c1cc(N)nc(-c2ccc(NC(N)=O)cc2)n1. The van der Waals surface area contributed by atoms with Crippen LogP contribution in [0.1, 0.15) is 10.5 Å². The number of hydrogen-bond donors (Lipinski definition) is 4. The van der Waals surface area contributed by atoms with Gasteiger partial charge in [0.1, 0.15) is 11.5 Å². The zero-order chi connectivity index (χ0) is 19.3. The smallest absolute Gasteiger partial charge is 0.316 e. The van der Waals surface area contributed by atoms with E-state index in [0.717, 1.165) is 0 Å². The molecule has 0 saturated heterocycles. The number of hydrogen-bond acceptors (Lipinski definition) is 6. The number of nitrogens with zero attached hydrogens (tertiary/aromatic N) is 3. The minimum Gasteiger partial charge on any atom is -0.384 e. The maximum absolute atomic E-state index is 12.2. The molecule has 1 aromatic heterocycles. The highest BCUT2D eigenvalue weighted by atomic mass is 16.2. The van der Waals surface area contributed by atoms with E-state index in [-0.39, 0.29) is 29.8 Å². The molecule has 0 fully saturated rings. The summed E-state index contributed by atoms with van der Waals surface area (Å²) in [4.78, 5) is 44.2. The number of urea groups is 1. The Morgan fingerprint density at radius 3 is 2.35 bits per heavy atom. The molecular weight excluding hydrogens is 338 g/mol. The highest BCUT2D eigenvalue weighted by Gasteiger charge is 2.14. The number of likely N-dealkylation sites (N-methyl/N-ethyl adjacent to an activating group) is 1. The van der Waals surface area contributed by atoms with Crippen molar-refractivity contribution in [3.8, 4) is 11.4 Å². The number of carbonyl (C=O) groups is 3. The molecule has 0 bridgehead atoms. The number of nitrogen functional groups attached to an aromatic ring is 1. The normalized spacial score (nSPS) is 10.1. The Kier molecular flexibility index (Phi) is 5.68.